The molecule has 6 heteroatoms. The lowest BCUT2D eigenvalue weighted by atomic mass is 10.0. The molecule has 0 aliphatic heterocycles. The molecule has 1 heterocycles. The van der Waals surface area contributed by atoms with Crippen molar-refractivity contribution in [2.45, 2.75) is 6.92 Å². The molecule has 162 valence electrons. The quantitative estimate of drug-likeness (QED) is 0.445. The van der Waals surface area contributed by atoms with Crippen LogP contribution >= 0.6 is 0 Å². The van der Waals surface area contributed by atoms with Crippen LogP contribution in [0.4, 0.5) is 5.82 Å². The SMILES string of the molecule is C=C/C(=C\N(C)C)c1cccc(-c2ncc(C(/C=N\C)=C/C(=C)C)c(NCCO)n2)c1. The molecule has 0 spiro atoms. The number of nitrogens with one attached hydrogen (secondary N) is 1. The fourth-order valence-electron chi connectivity index (χ4n) is 2.99. The minimum absolute atomic E-state index is 0.00626. The van der Waals surface area contributed by atoms with Crippen molar-refractivity contribution in [1.82, 2.24) is 14.9 Å². The van der Waals surface area contributed by atoms with Crippen LogP contribution < -0.4 is 5.32 Å². The van der Waals surface area contributed by atoms with Gasteiger partial charge in [0.2, 0.25) is 0 Å². The highest BCUT2D eigenvalue weighted by molar-refractivity contribution is 6.12. The maximum absolute atomic E-state index is 9.31. The van der Waals surface area contributed by atoms with Gasteiger partial charge in [-0.25, -0.2) is 9.97 Å². The zero-order valence-electron chi connectivity index (χ0n) is 18.8. The molecule has 0 bridgehead atoms. The van der Waals surface area contributed by atoms with Crippen molar-refractivity contribution in [1.29, 1.82) is 0 Å². The first-order valence-corrected chi connectivity index (χ1v) is 10.0. The summed E-state index contributed by atoms with van der Waals surface area (Å²) in [5, 5.41) is 12.5. The number of aliphatic hydroxyl groups excluding tert-OH is 1. The summed E-state index contributed by atoms with van der Waals surface area (Å²) in [6.45, 7) is 10.2. The third-order valence-corrected chi connectivity index (χ3v) is 4.25. The maximum atomic E-state index is 9.31. The van der Waals surface area contributed by atoms with E-state index in [9.17, 15) is 5.11 Å². The Hall–Kier alpha value is -3.51. The van der Waals surface area contributed by atoms with Crippen LogP contribution in [-0.4, -0.2) is 60.5 Å². The normalized spacial score (nSPS) is 12.2. The van der Waals surface area contributed by atoms with E-state index in [1.54, 1.807) is 19.5 Å². The van der Waals surface area contributed by atoms with Gasteiger partial charge in [-0.15, -0.1) is 0 Å². The van der Waals surface area contributed by atoms with E-state index in [4.69, 9.17) is 4.98 Å². The average molecular weight is 418 g/mol. The second-order valence-electron chi connectivity index (χ2n) is 7.27. The topological polar surface area (TPSA) is 73.6 Å². The van der Waals surface area contributed by atoms with Gasteiger partial charge >= 0.3 is 0 Å². The predicted octanol–water partition coefficient (Wildman–Crippen LogP) is 4.30. The first kappa shape index (κ1) is 23.8. The van der Waals surface area contributed by atoms with E-state index in [-0.39, 0.29) is 6.61 Å². The Balaban J connectivity index is 2.57. The molecule has 0 aliphatic rings. The van der Waals surface area contributed by atoms with Gasteiger partial charge < -0.3 is 15.3 Å². The van der Waals surface area contributed by atoms with Gasteiger partial charge in [0, 0.05) is 63.0 Å². The summed E-state index contributed by atoms with van der Waals surface area (Å²) in [7, 11) is 5.67. The summed E-state index contributed by atoms with van der Waals surface area (Å²) < 4.78 is 0. The van der Waals surface area contributed by atoms with Crippen LogP contribution in [-0.2, 0) is 0 Å². The third-order valence-electron chi connectivity index (χ3n) is 4.25. The van der Waals surface area contributed by atoms with Crippen molar-refractivity contribution in [2.75, 3.05) is 39.6 Å². The minimum atomic E-state index is -0.00626. The minimum Gasteiger partial charge on any atom is -0.395 e. The van der Waals surface area contributed by atoms with Gasteiger partial charge in [-0.3, -0.25) is 4.99 Å². The number of aromatic nitrogens is 2. The van der Waals surface area contributed by atoms with Crippen LogP contribution in [0.25, 0.3) is 22.5 Å². The van der Waals surface area contributed by atoms with Crippen LogP contribution in [0, 0.1) is 0 Å². The van der Waals surface area contributed by atoms with Gasteiger partial charge in [0.05, 0.1) is 6.61 Å². The molecule has 0 saturated heterocycles. The Morgan fingerprint density at radius 2 is 2.06 bits per heavy atom. The van der Waals surface area contributed by atoms with Crippen LogP contribution in [0.5, 0.6) is 0 Å². The highest BCUT2D eigenvalue weighted by Crippen LogP contribution is 2.27. The van der Waals surface area contributed by atoms with E-state index in [1.807, 2.05) is 68.5 Å². The molecule has 0 saturated carbocycles. The number of hydrogen-bond donors (Lipinski definition) is 2. The van der Waals surface area contributed by atoms with Gasteiger partial charge in [-0.05, 0) is 24.1 Å². The summed E-state index contributed by atoms with van der Waals surface area (Å²) in [5.74, 6) is 1.21. The number of allylic oxidation sites excluding steroid dienone is 5. The van der Waals surface area contributed by atoms with Gasteiger partial charge in [-0.1, -0.05) is 49.1 Å². The maximum Gasteiger partial charge on any atom is 0.161 e. The molecule has 0 fully saturated rings. The smallest absolute Gasteiger partial charge is 0.161 e. The standard InChI is InChI=1S/C25H31N5O/c1-7-19(17-30(5)6)20-9-8-10-21(14-20)24-28-16-23(25(29-24)27-11-12-31)22(15-26-4)13-18(2)3/h7-10,13-17,31H,1-2,11-12H2,3-6H3,(H,27,28,29)/b19-17+,22-13+,26-15-. The van der Waals surface area contributed by atoms with Crippen LogP contribution in [0.15, 0.2) is 72.5 Å². The van der Waals surface area contributed by atoms with Crippen molar-refractivity contribution < 1.29 is 5.11 Å². The number of aliphatic hydroxyl groups is 1. The first-order chi connectivity index (χ1) is 14.9. The fraction of sp³-hybridized carbons (Fsp3) is 0.240. The van der Waals surface area contributed by atoms with Gasteiger partial charge in [0.25, 0.3) is 0 Å². The van der Waals surface area contributed by atoms with Crippen LogP contribution in [0.1, 0.15) is 18.1 Å². The molecule has 0 aliphatic carbocycles. The molecule has 2 aromatic rings. The Labute approximate surface area is 185 Å². The highest BCUT2D eigenvalue weighted by atomic mass is 16.3. The molecule has 0 radical (unpaired) electrons. The number of rotatable bonds is 10. The summed E-state index contributed by atoms with van der Waals surface area (Å²) in [6.07, 6.45) is 9.30. The lowest BCUT2D eigenvalue weighted by Gasteiger charge is -2.14. The Morgan fingerprint density at radius 1 is 1.29 bits per heavy atom. The molecule has 1 aromatic carbocycles. The number of aliphatic imine (C=N–C) groups is 1. The van der Waals surface area contributed by atoms with E-state index in [0.717, 1.165) is 33.4 Å². The van der Waals surface area contributed by atoms with E-state index in [2.05, 4.69) is 28.5 Å². The summed E-state index contributed by atoms with van der Waals surface area (Å²) in [6, 6.07) is 8.03. The molecule has 2 rings (SSSR count). The fourth-order valence-corrected chi connectivity index (χ4v) is 2.99. The molecule has 0 atom stereocenters. The lowest BCUT2D eigenvalue weighted by molar-refractivity contribution is 0.311. The van der Waals surface area contributed by atoms with Crippen molar-refractivity contribution >= 4 is 23.2 Å². The second-order valence-corrected chi connectivity index (χ2v) is 7.27. The molecular formula is C25H31N5O. The molecule has 1 aromatic heterocycles. The van der Waals surface area contributed by atoms with E-state index in [0.29, 0.717) is 18.2 Å². The van der Waals surface area contributed by atoms with Gasteiger partial charge in [0.1, 0.15) is 5.82 Å². The lowest BCUT2D eigenvalue weighted by Crippen LogP contribution is -2.11. The number of benzene rings is 1. The van der Waals surface area contributed by atoms with E-state index >= 15 is 0 Å². The van der Waals surface area contributed by atoms with Crippen molar-refractivity contribution in [3.8, 4) is 11.4 Å². The molecule has 0 amide bonds. The number of anilines is 1. The van der Waals surface area contributed by atoms with Crippen LogP contribution in [0.3, 0.4) is 0 Å². The second kappa shape index (κ2) is 11.6. The summed E-state index contributed by atoms with van der Waals surface area (Å²) in [4.78, 5) is 15.5. The zero-order valence-corrected chi connectivity index (χ0v) is 18.8. The highest BCUT2D eigenvalue weighted by Gasteiger charge is 2.12. The zero-order chi connectivity index (χ0) is 22.8. The molecule has 0 unspecified atom stereocenters. The number of nitrogens with zero attached hydrogens (tertiary/aromatic N) is 4. The van der Waals surface area contributed by atoms with Crippen molar-refractivity contribution in [3.05, 3.63) is 78.7 Å². The van der Waals surface area contributed by atoms with Gasteiger partial charge in [0.15, 0.2) is 5.82 Å². The predicted molar refractivity (Wildman–Crippen MR) is 132 cm³/mol. The monoisotopic (exact) mass is 417 g/mol. The summed E-state index contributed by atoms with van der Waals surface area (Å²) >= 11 is 0. The average Bonchev–Trinajstić information content (AvgIpc) is 2.75. The number of hydrogen-bond acceptors (Lipinski definition) is 6. The first-order valence-electron chi connectivity index (χ1n) is 10.0. The largest absolute Gasteiger partial charge is 0.395 e. The third kappa shape index (κ3) is 6.76. The van der Waals surface area contributed by atoms with Crippen molar-refractivity contribution in [2.24, 2.45) is 4.99 Å². The molecule has 2 N–H and O–H groups in total. The Kier molecular flexibility index (Phi) is 8.91. The molecule has 6 nitrogen and oxygen atoms in total. The Morgan fingerprint density at radius 3 is 2.68 bits per heavy atom. The summed E-state index contributed by atoms with van der Waals surface area (Å²) in [5.41, 5.74) is 5.45. The molecular weight excluding hydrogens is 386 g/mol. The van der Waals surface area contributed by atoms with E-state index in [1.165, 1.54) is 0 Å². The Bertz CT molecular complexity index is 1020. The van der Waals surface area contributed by atoms with E-state index < -0.39 is 0 Å². The van der Waals surface area contributed by atoms with Gasteiger partial charge in [-0.2, -0.15) is 0 Å². The van der Waals surface area contributed by atoms with Crippen molar-refractivity contribution in [3.63, 3.8) is 0 Å². The van der Waals surface area contributed by atoms with Crippen LogP contribution in [0.2, 0.25) is 0 Å². The molecule has 31 heavy (non-hydrogen) atoms.